The Labute approximate surface area is 158 Å². The molecule has 1 aromatic heterocycles. The normalized spacial score (nSPS) is 11.1. The Morgan fingerprint density at radius 3 is 2.56 bits per heavy atom. The van der Waals surface area contributed by atoms with Crippen LogP contribution in [0, 0.1) is 14.9 Å². The Hall–Kier alpha value is -2.13. The topological polar surface area (TPSA) is 90.3 Å². The fourth-order valence-corrected chi connectivity index (χ4v) is 3.37. The number of nitrogens with zero attached hydrogens (tertiary/aromatic N) is 2. The van der Waals surface area contributed by atoms with E-state index in [-0.39, 0.29) is 31.2 Å². The largest absolute Gasteiger partial charge is 0.573 e. The number of methoxy groups -OCH3 is 1. The van der Waals surface area contributed by atoms with E-state index >= 15 is 0 Å². The van der Waals surface area contributed by atoms with Gasteiger partial charge in [-0.2, -0.15) is 5.26 Å². The summed E-state index contributed by atoms with van der Waals surface area (Å²) in [6, 6.07) is 3.84. The van der Waals surface area contributed by atoms with Crippen LogP contribution in [0.25, 0.3) is 5.69 Å². The zero-order valence-electron chi connectivity index (χ0n) is 12.3. The summed E-state index contributed by atoms with van der Waals surface area (Å²) in [5, 5.41) is 8.95. The molecule has 0 saturated heterocycles. The van der Waals surface area contributed by atoms with Gasteiger partial charge in [0.25, 0.3) is 0 Å². The van der Waals surface area contributed by atoms with E-state index in [0.29, 0.717) is 0 Å². The molecule has 0 aliphatic heterocycles. The predicted molar refractivity (Wildman–Crippen MR) is 90.6 cm³/mol. The molecule has 0 radical (unpaired) electrons. The maximum atomic E-state index is 12.4. The van der Waals surface area contributed by atoms with Gasteiger partial charge in [-0.3, -0.25) is 0 Å². The number of ether oxygens (including phenoxy) is 2. The van der Waals surface area contributed by atoms with Crippen molar-refractivity contribution in [1.82, 2.24) is 4.57 Å². The summed E-state index contributed by atoms with van der Waals surface area (Å²) in [6.45, 7) is 0. The van der Waals surface area contributed by atoms with Gasteiger partial charge in [-0.15, -0.1) is 13.2 Å². The van der Waals surface area contributed by atoms with Crippen molar-refractivity contribution in [3.8, 4) is 17.5 Å². The third-order valence-electron chi connectivity index (χ3n) is 3.01. The van der Waals surface area contributed by atoms with Gasteiger partial charge in [0.2, 0.25) is 0 Å². The number of rotatable bonds is 3. The smallest absolute Gasteiger partial charge is 0.464 e. The van der Waals surface area contributed by atoms with Crippen molar-refractivity contribution in [3.63, 3.8) is 0 Å². The van der Waals surface area contributed by atoms with Gasteiger partial charge >= 0.3 is 12.3 Å². The fourth-order valence-electron chi connectivity index (χ4n) is 2.06. The summed E-state index contributed by atoms with van der Waals surface area (Å²) in [4.78, 5) is 12.0. The van der Waals surface area contributed by atoms with Gasteiger partial charge in [0.1, 0.15) is 11.8 Å². The highest BCUT2D eigenvalue weighted by Crippen LogP contribution is 2.36. The fraction of sp³-hybridized carbons (Fsp3) is 0.143. The van der Waals surface area contributed by atoms with Gasteiger partial charge in [-0.05, 0) is 28.7 Å². The van der Waals surface area contributed by atoms with Crippen molar-refractivity contribution >= 4 is 45.8 Å². The van der Waals surface area contributed by atoms with Crippen LogP contribution in [0.3, 0.4) is 0 Å². The molecular weight excluding hydrogens is 478 g/mol. The first-order valence-corrected chi connectivity index (χ1v) is 7.79. The molecule has 0 aliphatic rings. The quantitative estimate of drug-likeness (QED) is 0.527. The highest BCUT2D eigenvalue weighted by atomic mass is 127. The molecule has 0 bridgehead atoms. The summed E-state index contributed by atoms with van der Waals surface area (Å²) in [5.74, 6) is -1.35. The maximum Gasteiger partial charge on any atom is 0.573 e. The molecule has 2 N–H and O–H groups in total. The molecule has 132 valence electrons. The lowest BCUT2D eigenvalue weighted by Gasteiger charge is -2.15. The van der Waals surface area contributed by atoms with Crippen LogP contribution in [0.1, 0.15) is 16.1 Å². The highest BCUT2D eigenvalue weighted by Gasteiger charge is 2.32. The monoisotopic (exact) mass is 485 g/mol. The van der Waals surface area contributed by atoms with Gasteiger partial charge in [0.15, 0.2) is 5.69 Å². The number of esters is 1. The Morgan fingerprint density at radius 1 is 1.44 bits per heavy atom. The first kappa shape index (κ1) is 19.2. The van der Waals surface area contributed by atoms with E-state index in [0.717, 1.165) is 19.2 Å². The van der Waals surface area contributed by atoms with E-state index in [1.807, 2.05) is 6.07 Å². The van der Waals surface area contributed by atoms with Gasteiger partial charge in [0.05, 0.1) is 29.1 Å². The van der Waals surface area contributed by atoms with E-state index in [1.165, 1.54) is 10.8 Å². The Kier molecular flexibility index (Phi) is 5.38. The Bertz CT molecular complexity index is 867. The minimum absolute atomic E-state index is 0.0112. The summed E-state index contributed by atoms with van der Waals surface area (Å²) in [6.07, 6.45) is -3.63. The summed E-state index contributed by atoms with van der Waals surface area (Å²) >= 11 is 7.80. The van der Waals surface area contributed by atoms with E-state index in [1.54, 1.807) is 22.6 Å². The lowest BCUT2D eigenvalue weighted by Crippen LogP contribution is -2.17. The average Bonchev–Trinajstić information content (AvgIpc) is 2.80. The molecule has 25 heavy (non-hydrogen) atoms. The minimum Gasteiger partial charge on any atom is -0.464 e. The molecule has 11 heteroatoms. The third-order valence-corrected chi connectivity index (χ3v) is 4.12. The molecule has 1 aromatic carbocycles. The molecule has 2 rings (SSSR count). The van der Waals surface area contributed by atoms with Gasteiger partial charge in [-0.25, -0.2) is 4.79 Å². The first-order valence-electron chi connectivity index (χ1n) is 6.33. The number of anilines is 1. The van der Waals surface area contributed by atoms with E-state index < -0.39 is 18.1 Å². The SMILES string of the molecule is COC(=O)c1c(N)c(C#N)cn1-c1c(Cl)cc(OC(F)(F)F)cc1I. The number of nitrogens with two attached hydrogens (primary N) is 1. The predicted octanol–water partition coefficient (Wildman–Crippen LogP) is 3.87. The standard InChI is InChI=1S/C14H8ClF3IN3O3/c1-24-13(23)12-10(21)6(4-20)5-22(12)11-8(15)2-7(3-9(11)19)25-14(16,17)18/h2-3,5H,21H2,1H3. The number of alkyl halides is 3. The zero-order valence-corrected chi connectivity index (χ0v) is 15.2. The second kappa shape index (κ2) is 7.01. The molecule has 0 fully saturated rings. The second-order valence-corrected chi connectivity index (χ2v) is 6.13. The molecule has 0 atom stereocenters. The molecule has 1 heterocycles. The maximum absolute atomic E-state index is 12.4. The van der Waals surface area contributed by atoms with Gasteiger partial charge < -0.3 is 19.8 Å². The third kappa shape index (κ3) is 3.93. The molecule has 6 nitrogen and oxygen atoms in total. The molecule has 0 unspecified atom stereocenters. The number of carbonyl (C=O) groups is 1. The number of hydrogen-bond acceptors (Lipinski definition) is 5. The lowest BCUT2D eigenvalue weighted by molar-refractivity contribution is -0.274. The van der Waals surface area contributed by atoms with Crippen LogP contribution in [0.2, 0.25) is 5.02 Å². The van der Waals surface area contributed by atoms with Crippen LogP contribution in [-0.4, -0.2) is 24.0 Å². The number of nitrogen functional groups attached to an aromatic ring is 1. The number of nitriles is 1. The van der Waals surface area contributed by atoms with Crippen LogP contribution < -0.4 is 10.5 Å². The van der Waals surface area contributed by atoms with Gasteiger partial charge in [-0.1, -0.05) is 11.6 Å². The van der Waals surface area contributed by atoms with E-state index in [9.17, 15) is 18.0 Å². The number of carbonyl (C=O) groups excluding carboxylic acids is 1. The first-order chi connectivity index (χ1) is 11.6. The van der Waals surface area contributed by atoms with Crippen molar-refractivity contribution in [2.24, 2.45) is 0 Å². The number of benzene rings is 1. The summed E-state index contributed by atoms with van der Waals surface area (Å²) in [5.41, 5.74) is 5.63. The van der Waals surface area contributed by atoms with Crippen LogP contribution >= 0.6 is 34.2 Å². The summed E-state index contributed by atoms with van der Waals surface area (Å²) in [7, 11) is 1.12. The van der Waals surface area contributed by atoms with Crippen LogP contribution in [-0.2, 0) is 4.74 Å². The minimum atomic E-state index is -4.88. The molecule has 0 saturated carbocycles. The van der Waals surface area contributed by atoms with Crippen LogP contribution in [0.5, 0.6) is 5.75 Å². The number of halogens is 5. The number of aromatic nitrogens is 1. The van der Waals surface area contributed by atoms with Crippen LogP contribution in [0.15, 0.2) is 18.3 Å². The highest BCUT2D eigenvalue weighted by molar-refractivity contribution is 14.1. The van der Waals surface area contributed by atoms with Crippen molar-refractivity contribution in [2.75, 3.05) is 12.8 Å². The van der Waals surface area contributed by atoms with Gasteiger partial charge in [0, 0.05) is 15.8 Å². The van der Waals surface area contributed by atoms with Crippen molar-refractivity contribution in [1.29, 1.82) is 5.26 Å². The Balaban J connectivity index is 2.67. The van der Waals surface area contributed by atoms with Crippen molar-refractivity contribution < 1.29 is 27.4 Å². The summed E-state index contributed by atoms with van der Waals surface area (Å²) < 4.78 is 47.0. The van der Waals surface area contributed by atoms with Crippen molar-refractivity contribution in [2.45, 2.75) is 6.36 Å². The molecule has 0 amide bonds. The second-order valence-electron chi connectivity index (χ2n) is 4.56. The molecule has 0 spiro atoms. The van der Waals surface area contributed by atoms with E-state index in [4.69, 9.17) is 22.6 Å². The zero-order chi connectivity index (χ0) is 18.9. The van der Waals surface area contributed by atoms with Crippen molar-refractivity contribution in [3.05, 3.63) is 38.2 Å². The lowest BCUT2D eigenvalue weighted by atomic mass is 10.2. The molecular formula is C14H8ClF3IN3O3. The molecule has 0 aliphatic carbocycles. The van der Waals surface area contributed by atoms with E-state index in [2.05, 4.69) is 9.47 Å². The average molecular weight is 486 g/mol. The van der Waals surface area contributed by atoms with Crippen LogP contribution in [0.4, 0.5) is 18.9 Å². The number of hydrogen-bond donors (Lipinski definition) is 1. The molecule has 2 aromatic rings. The Morgan fingerprint density at radius 2 is 2.08 bits per heavy atom.